The summed E-state index contributed by atoms with van der Waals surface area (Å²) in [6, 6.07) is 15.0. The number of hydrogen-bond donors (Lipinski definition) is 1. The van der Waals surface area contributed by atoms with E-state index in [2.05, 4.69) is 34.8 Å². The van der Waals surface area contributed by atoms with Crippen molar-refractivity contribution in [1.29, 1.82) is 0 Å². The number of amides is 1. The second-order valence-electron chi connectivity index (χ2n) is 5.37. The highest BCUT2D eigenvalue weighted by Gasteiger charge is 2.08. The Morgan fingerprint density at radius 1 is 1.04 bits per heavy atom. The fourth-order valence-corrected chi connectivity index (χ4v) is 2.70. The highest BCUT2D eigenvalue weighted by Crippen LogP contribution is 2.19. The standard InChI is InChI=1S/C19H22INO2/c1-2-3-4-7-14-23-16-12-10-15(11-13-16)19(22)21-18-9-6-5-8-17(18)20/h5-6,8-13H,2-4,7,14H2,1H3,(H,21,22). The van der Waals surface area contributed by atoms with Crippen molar-refractivity contribution in [2.45, 2.75) is 32.6 Å². The molecule has 0 atom stereocenters. The minimum absolute atomic E-state index is 0.108. The molecule has 2 rings (SSSR count). The molecule has 1 N–H and O–H groups in total. The first-order chi connectivity index (χ1) is 11.2. The Balaban J connectivity index is 1.86. The molecule has 0 saturated heterocycles. The van der Waals surface area contributed by atoms with Crippen LogP contribution in [0.3, 0.4) is 0 Å². The van der Waals surface area contributed by atoms with Gasteiger partial charge in [-0.25, -0.2) is 0 Å². The fraction of sp³-hybridized carbons (Fsp3) is 0.316. The molecular weight excluding hydrogens is 401 g/mol. The van der Waals surface area contributed by atoms with Crippen LogP contribution in [-0.4, -0.2) is 12.5 Å². The molecular formula is C19H22INO2. The molecule has 0 aliphatic heterocycles. The summed E-state index contributed by atoms with van der Waals surface area (Å²) in [7, 11) is 0. The average Bonchev–Trinajstić information content (AvgIpc) is 2.57. The van der Waals surface area contributed by atoms with Crippen LogP contribution in [0, 0.1) is 3.57 Å². The number of benzene rings is 2. The number of nitrogens with one attached hydrogen (secondary N) is 1. The van der Waals surface area contributed by atoms with E-state index in [0.717, 1.165) is 28.0 Å². The van der Waals surface area contributed by atoms with E-state index in [-0.39, 0.29) is 5.91 Å². The molecule has 2 aromatic carbocycles. The van der Waals surface area contributed by atoms with Gasteiger partial charge in [0, 0.05) is 9.13 Å². The van der Waals surface area contributed by atoms with E-state index in [1.807, 2.05) is 36.4 Å². The molecule has 122 valence electrons. The van der Waals surface area contributed by atoms with E-state index in [1.54, 1.807) is 12.1 Å². The number of anilines is 1. The lowest BCUT2D eigenvalue weighted by Gasteiger charge is -2.09. The van der Waals surface area contributed by atoms with Crippen molar-refractivity contribution in [3.63, 3.8) is 0 Å². The number of ether oxygens (including phenoxy) is 1. The van der Waals surface area contributed by atoms with Crippen LogP contribution in [0.5, 0.6) is 5.75 Å². The van der Waals surface area contributed by atoms with Crippen molar-refractivity contribution >= 4 is 34.2 Å². The van der Waals surface area contributed by atoms with Crippen LogP contribution in [0.25, 0.3) is 0 Å². The van der Waals surface area contributed by atoms with Crippen molar-refractivity contribution in [1.82, 2.24) is 0 Å². The molecule has 2 aromatic rings. The van der Waals surface area contributed by atoms with E-state index < -0.39 is 0 Å². The lowest BCUT2D eigenvalue weighted by molar-refractivity contribution is 0.102. The summed E-state index contributed by atoms with van der Waals surface area (Å²) in [5.74, 6) is 0.705. The van der Waals surface area contributed by atoms with Gasteiger partial charge in [-0.3, -0.25) is 4.79 Å². The Hall–Kier alpha value is -1.56. The van der Waals surface area contributed by atoms with Gasteiger partial charge in [-0.1, -0.05) is 38.3 Å². The van der Waals surface area contributed by atoms with E-state index in [4.69, 9.17) is 4.74 Å². The Kier molecular flexibility index (Phi) is 7.39. The van der Waals surface area contributed by atoms with Crippen molar-refractivity contribution in [3.05, 3.63) is 57.7 Å². The summed E-state index contributed by atoms with van der Waals surface area (Å²) >= 11 is 2.21. The Morgan fingerprint density at radius 3 is 2.48 bits per heavy atom. The van der Waals surface area contributed by atoms with Crippen molar-refractivity contribution in [2.75, 3.05) is 11.9 Å². The molecule has 0 aromatic heterocycles. The predicted octanol–water partition coefficient (Wildman–Crippen LogP) is 5.50. The Bertz CT molecular complexity index is 626. The molecule has 1 amide bonds. The number of unbranched alkanes of at least 4 members (excludes halogenated alkanes) is 3. The minimum atomic E-state index is -0.108. The van der Waals surface area contributed by atoms with Crippen molar-refractivity contribution < 1.29 is 9.53 Å². The van der Waals surface area contributed by atoms with Crippen LogP contribution in [0.4, 0.5) is 5.69 Å². The van der Waals surface area contributed by atoms with Gasteiger partial charge in [0.1, 0.15) is 5.75 Å². The number of carbonyl (C=O) groups excluding carboxylic acids is 1. The quantitative estimate of drug-likeness (QED) is 0.450. The third-order valence-electron chi connectivity index (χ3n) is 3.51. The van der Waals surface area contributed by atoms with Crippen LogP contribution >= 0.6 is 22.6 Å². The maximum atomic E-state index is 12.3. The van der Waals surface area contributed by atoms with Gasteiger partial charge in [0.15, 0.2) is 0 Å². The first-order valence-corrected chi connectivity index (χ1v) is 9.07. The summed E-state index contributed by atoms with van der Waals surface area (Å²) in [6.45, 7) is 2.93. The smallest absolute Gasteiger partial charge is 0.255 e. The third-order valence-corrected chi connectivity index (χ3v) is 4.45. The lowest BCUT2D eigenvalue weighted by atomic mass is 10.2. The molecule has 4 heteroatoms. The first kappa shape index (κ1) is 17.8. The summed E-state index contributed by atoms with van der Waals surface area (Å²) in [4.78, 5) is 12.3. The fourth-order valence-electron chi connectivity index (χ4n) is 2.18. The summed E-state index contributed by atoms with van der Waals surface area (Å²) in [6.07, 6.45) is 4.75. The second kappa shape index (κ2) is 9.55. The zero-order valence-electron chi connectivity index (χ0n) is 13.3. The molecule has 0 bridgehead atoms. The normalized spacial score (nSPS) is 10.3. The monoisotopic (exact) mass is 423 g/mol. The van der Waals surface area contributed by atoms with Gasteiger partial charge in [0.2, 0.25) is 0 Å². The largest absolute Gasteiger partial charge is 0.494 e. The van der Waals surface area contributed by atoms with Crippen LogP contribution in [0.15, 0.2) is 48.5 Å². The second-order valence-corrected chi connectivity index (χ2v) is 6.53. The number of para-hydroxylation sites is 1. The average molecular weight is 423 g/mol. The van der Waals surface area contributed by atoms with Crippen molar-refractivity contribution in [2.24, 2.45) is 0 Å². The van der Waals surface area contributed by atoms with E-state index >= 15 is 0 Å². The molecule has 23 heavy (non-hydrogen) atoms. The molecule has 0 radical (unpaired) electrons. The highest BCUT2D eigenvalue weighted by molar-refractivity contribution is 14.1. The highest BCUT2D eigenvalue weighted by atomic mass is 127. The van der Waals surface area contributed by atoms with Crippen LogP contribution in [-0.2, 0) is 0 Å². The maximum absolute atomic E-state index is 12.3. The third kappa shape index (κ3) is 5.86. The number of carbonyl (C=O) groups is 1. The van der Waals surface area contributed by atoms with Gasteiger partial charge in [-0.05, 0) is 65.4 Å². The molecule has 0 unspecified atom stereocenters. The Labute approximate surface area is 151 Å². The van der Waals surface area contributed by atoms with Crippen LogP contribution < -0.4 is 10.1 Å². The minimum Gasteiger partial charge on any atom is -0.494 e. The van der Waals surface area contributed by atoms with Gasteiger partial charge in [-0.2, -0.15) is 0 Å². The summed E-state index contributed by atoms with van der Waals surface area (Å²) in [5.41, 5.74) is 1.46. The summed E-state index contributed by atoms with van der Waals surface area (Å²) in [5, 5.41) is 2.93. The van der Waals surface area contributed by atoms with E-state index in [1.165, 1.54) is 19.3 Å². The lowest BCUT2D eigenvalue weighted by Crippen LogP contribution is -2.12. The van der Waals surface area contributed by atoms with Gasteiger partial charge < -0.3 is 10.1 Å². The SMILES string of the molecule is CCCCCCOc1ccc(C(=O)Nc2ccccc2I)cc1. The van der Waals surface area contributed by atoms with Gasteiger partial charge in [0.05, 0.1) is 12.3 Å². The molecule has 0 fully saturated rings. The maximum Gasteiger partial charge on any atom is 0.255 e. The van der Waals surface area contributed by atoms with Gasteiger partial charge >= 0.3 is 0 Å². The van der Waals surface area contributed by atoms with Crippen LogP contribution in [0.1, 0.15) is 43.0 Å². The van der Waals surface area contributed by atoms with Gasteiger partial charge in [0.25, 0.3) is 5.91 Å². The zero-order chi connectivity index (χ0) is 16.5. The molecule has 0 heterocycles. The van der Waals surface area contributed by atoms with E-state index in [9.17, 15) is 4.79 Å². The van der Waals surface area contributed by atoms with Gasteiger partial charge in [-0.15, -0.1) is 0 Å². The zero-order valence-corrected chi connectivity index (χ0v) is 15.5. The van der Waals surface area contributed by atoms with Crippen molar-refractivity contribution in [3.8, 4) is 5.75 Å². The Morgan fingerprint density at radius 2 is 1.78 bits per heavy atom. The topological polar surface area (TPSA) is 38.3 Å². The number of rotatable bonds is 8. The first-order valence-electron chi connectivity index (χ1n) is 7.99. The number of hydrogen-bond acceptors (Lipinski definition) is 2. The summed E-state index contributed by atoms with van der Waals surface area (Å²) < 4.78 is 6.71. The molecule has 3 nitrogen and oxygen atoms in total. The predicted molar refractivity (Wildman–Crippen MR) is 103 cm³/mol. The van der Waals surface area contributed by atoms with Crippen LogP contribution in [0.2, 0.25) is 0 Å². The molecule has 0 aliphatic carbocycles. The number of halogens is 1. The molecule has 0 aliphatic rings. The molecule has 0 saturated carbocycles. The van der Waals surface area contributed by atoms with E-state index in [0.29, 0.717) is 5.56 Å². The molecule has 0 spiro atoms.